The predicted octanol–water partition coefficient (Wildman–Crippen LogP) is 3.80. The quantitative estimate of drug-likeness (QED) is 0.389. The predicted molar refractivity (Wildman–Crippen MR) is 145 cm³/mol. The summed E-state index contributed by atoms with van der Waals surface area (Å²) < 4.78 is 45.3. The summed E-state index contributed by atoms with van der Waals surface area (Å²) in [7, 11) is -2.14. The van der Waals surface area contributed by atoms with Gasteiger partial charge >= 0.3 is 0 Å². The van der Waals surface area contributed by atoms with Gasteiger partial charge in [-0.2, -0.15) is 4.31 Å². The summed E-state index contributed by atoms with van der Waals surface area (Å²) in [5.41, 5.74) is 1.28. The van der Waals surface area contributed by atoms with Crippen molar-refractivity contribution in [3.63, 3.8) is 0 Å². The highest BCUT2D eigenvalue weighted by Crippen LogP contribution is 2.22. The number of benzene rings is 2. The van der Waals surface area contributed by atoms with Crippen LogP contribution in [0.15, 0.2) is 48.5 Å². The molecule has 0 radical (unpaired) electrons. The molecule has 3 rings (SSSR count). The van der Waals surface area contributed by atoms with Gasteiger partial charge in [0.2, 0.25) is 15.9 Å². The van der Waals surface area contributed by atoms with Crippen LogP contribution in [0.5, 0.6) is 0 Å². The first-order valence-electron chi connectivity index (χ1n) is 12.7. The van der Waals surface area contributed by atoms with Gasteiger partial charge in [-0.3, -0.25) is 9.59 Å². The van der Waals surface area contributed by atoms with Gasteiger partial charge in [0.25, 0.3) is 5.91 Å². The second-order valence-corrected chi connectivity index (χ2v) is 11.8. The van der Waals surface area contributed by atoms with Gasteiger partial charge in [0.05, 0.1) is 18.9 Å². The van der Waals surface area contributed by atoms with E-state index in [1.807, 2.05) is 12.1 Å². The van der Waals surface area contributed by atoms with Crippen molar-refractivity contribution in [2.45, 2.75) is 38.8 Å². The standard InChI is InChI=1S/C27H35ClFN3O5S/c1-3-18-38(35,36)31(16-17-37-2)20-26(33)32(19-21-4-8-23(28)9-5-21)25-12-14-30(15-13-25)27(34)22-6-10-24(29)11-7-22/h4-11,25H,3,12-20H2,1-2H3. The van der Waals surface area contributed by atoms with Gasteiger partial charge in [0.15, 0.2) is 0 Å². The number of likely N-dealkylation sites (tertiary alicyclic amines) is 1. The molecule has 1 aliphatic rings. The van der Waals surface area contributed by atoms with Gasteiger partial charge < -0.3 is 14.5 Å². The van der Waals surface area contributed by atoms with Crippen LogP contribution in [0.2, 0.25) is 5.02 Å². The topological polar surface area (TPSA) is 87.2 Å². The van der Waals surface area contributed by atoms with Gasteiger partial charge in [0.1, 0.15) is 5.82 Å². The summed E-state index contributed by atoms with van der Waals surface area (Å²) in [5.74, 6) is -0.947. The highest BCUT2D eigenvalue weighted by Gasteiger charge is 2.33. The molecule has 2 aromatic rings. The second kappa shape index (κ2) is 14.0. The van der Waals surface area contributed by atoms with E-state index in [2.05, 4.69) is 0 Å². The van der Waals surface area contributed by atoms with E-state index in [4.69, 9.17) is 16.3 Å². The summed E-state index contributed by atoms with van der Waals surface area (Å²) in [4.78, 5) is 29.9. The van der Waals surface area contributed by atoms with Crippen LogP contribution < -0.4 is 0 Å². The van der Waals surface area contributed by atoms with Crippen molar-refractivity contribution in [3.8, 4) is 0 Å². The van der Waals surface area contributed by atoms with Crippen molar-refractivity contribution in [2.24, 2.45) is 0 Å². The summed E-state index contributed by atoms with van der Waals surface area (Å²) in [6.07, 6.45) is 1.51. The fraction of sp³-hybridized carbons (Fsp3) is 0.481. The van der Waals surface area contributed by atoms with Crippen LogP contribution in [0.3, 0.4) is 0 Å². The lowest BCUT2D eigenvalue weighted by atomic mass is 10.0. The number of hydrogen-bond donors (Lipinski definition) is 0. The number of methoxy groups -OCH3 is 1. The highest BCUT2D eigenvalue weighted by molar-refractivity contribution is 7.89. The Morgan fingerprint density at radius 3 is 2.29 bits per heavy atom. The molecule has 0 N–H and O–H groups in total. The van der Waals surface area contributed by atoms with Crippen molar-refractivity contribution in [3.05, 3.63) is 70.5 Å². The first kappa shape index (κ1) is 30.0. The molecule has 38 heavy (non-hydrogen) atoms. The van der Waals surface area contributed by atoms with E-state index in [0.29, 0.717) is 49.5 Å². The van der Waals surface area contributed by atoms with E-state index in [0.717, 1.165) is 5.56 Å². The summed E-state index contributed by atoms with van der Waals surface area (Å²) >= 11 is 6.04. The molecule has 2 amide bonds. The number of carbonyl (C=O) groups excluding carboxylic acids is 2. The number of sulfonamides is 1. The van der Waals surface area contributed by atoms with E-state index in [-0.39, 0.29) is 43.3 Å². The minimum atomic E-state index is -3.63. The van der Waals surface area contributed by atoms with E-state index < -0.39 is 15.8 Å². The minimum absolute atomic E-state index is 0.0505. The zero-order valence-electron chi connectivity index (χ0n) is 21.8. The second-order valence-electron chi connectivity index (χ2n) is 9.32. The molecular formula is C27H35ClFN3O5S. The Morgan fingerprint density at radius 1 is 1.08 bits per heavy atom. The molecule has 0 aliphatic carbocycles. The number of hydrogen-bond acceptors (Lipinski definition) is 5. The lowest BCUT2D eigenvalue weighted by Crippen LogP contribution is -2.51. The number of amides is 2. The fourth-order valence-corrected chi connectivity index (χ4v) is 6.06. The molecule has 2 aromatic carbocycles. The van der Waals surface area contributed by atoms with Crippen LogP contribution in [-0.4, -0.2) is 86.0 Å². The average Bonchev–Trinajstić information content (AvgIpc) is 2.90. The van der Waals surface area contributed by atoms with Gasteiger partial charge in [-0.15, -0.1) is 0 Å². The van der Waals surface area contributed by atoms with E-state index in [1.165, 1.54) is 35.7 Å². The summed E-state index contributed by atoms with van der Waals surface area (Å²) in [5, 5.41) is 0.579. The Labute approximate surface area is 229 Å². The Hall–Kier alpha value is -2.53. The highest BCUT2D eigenvalue weighted by atomic mass is 35.5. The molecule has 1 saturated heterocycles. The minimum Gasteiger partial charge on any atom is -0.383 e. The van der Waals surface area contributed by atoms with Crippen LogP contribution in [0, 0.1) is 5.82 Å². The van der Waals surface area contributed by atoms with E-state index in [9.17, 15) is 22.4 Å². The lowest BCUT2D eigenvalue weighted by molar-refractivity contribution is -0.135. The molecule has 0 bridgehead atoms. The van der Waals surface area contributed by atoms with Gasteiger partial charge in [0, 0.05) is 49.9 Å². The van der Waals surface area contributed by atoms with E-state index >= 15 is 0 Å². The normalized spacial score (nSPS) is 14.6. The van der Waals surface area contributed by atoms with Crippen molar-refractivity contribution in [1.82, 2.24) is 14.1 Å². The number of piperidine rings is 1. The average molecular weight is 568 g/mol. The van der Waals surface area contributed by atoms with Crippen LogP contribution in [0.25, 0.3) is 0 Å². The van der Waals surface area contributed by atoms with Crippen LogP contribution in [-0.2, 0) is 26.1 Å². The Balaban J connectivity index is 1.77. The maximum Gasteiger partial charge on any atom is 0.253 e. The van der Waals surface area contributed by atoms with Crippen molar-refractivity contribution >= 4 is 33.4 Å². The van der Waals surface area contributed by atoms with Crippen LogP contribution in [0.4, 0.5) is 4.39 Å². The maximum atomic E-state index is 13.6. The molecule has 1 heterocycles. The van der Waals surface area contributed by atoms with Crippen molar-refractivity contribution in [1.29, 1.82) is 0 Å². The van der Waals surface area contributed by atoms with Crippen molar-refractivity contribution < 1.29 is 27.1 Å². The third-order valence-electron chi connectivity index (χ3n) is 6.58. The third kappa shape index (κ3) is 8.23. The molecule has 0 unspecified atom stereocenters. The summed E-state index contributed by atoms with van der Waals surface area (Å²) in [6, 6.07) is 12.4. The molecule has 1 fully saturated rings. The monoisotopic (exact) mass is 567 g/mol. The molecule has 11 heteroatoms. The summed E-state index contributed by atoms with van der Waals surface area (Å²) in [6.45, 7) is 2.90. The Morgan fingerprint density at radius 2 is 1.71 bits per heavy atom. The Kier molecular flexibility index (Phi) is 11.1. The number of nitrogens with zero attached hydrogens (tertiary/aromatic N) is 3. The first-order valence-corrected chi connectivity index (χ1v) is 14.7. The maximum absolute atomic E-state index is 13.6. The zero-order chi connectivity index (χ0) is 27.7. The van der Waals surface area contributed by atoms with E-state index in [1.54, 1.807) is 28.9 Å². The number of ether oxygens (including phenoxy) is 1. The number of halogens is 2. The molecule has 0 spiro atoms. The molecule has 8 nitrogen and oxygen atoms in total. The smallest absolute Gasteiger partial charge is 0.253 e. The molecule has 0 atom stereocenters. The van der Waals surface area contributed by atoms with Crippen LogP contribution >= 0.6 is 11.6 Å². The molecule has 208 valence electrons. The first-order chi connectivity index (χ1) is 18.1. The fourth-order valence-electron chi connectivity index (χ4n) is 4.50. The van der Waals surface area contributed by atoms with Crippen molar-refractivity contribution in [2.75, 3.05) is 45.6 Å². The zero-order valence-corrected chi connectivity index (χ0v) is 23.4. The lowest BCUT2D eigenvalue weighted by Gasteiger charge is -2.39. The largest absolute Gasteiger partial charge is 0.383 e. The van der Waals surface area contributed by atoms with Gasteiger partial charge in [-0.25, -0.2) is 12.8 Å². The molecule has 1 aliphatic heterocycles. The van der Waals surface area contributed by atoms with Gasteiger partial charge in [-0.05, 0) is 61.2 Å². The third-order valence-corrected chi connectivity index (χ3v) is 8.86. The SMILES string of the molecule is CCCS(=O)(=O)N(CCOC)CC(=O)N(Cc1ccc(Cl)cc1)C1CCN(C(=O)c2ccc(F)cc2)CC1. The molecule has 0 saturated carbocycles. The number of carbonyl (C=O) groups is 2. The molecule has 0 aromatic heterocycles. The number of rotatable bonds is 12. The molecular weight excluding hydrogens is 533 g/mol. The Bertz CT molecular complexity index is 1170. The van der Waals surface area contributed by atoms with Gasteiger partial charge in [-0.1, -0.05) is 30.7 Å². The van der Waals surface area contributed by atoms with Crippen LogP contribution in [0.1, 0.15) is 42.1 Å².